The van der Waals surface area contributed by atoms with Gasteiger partial charge in [0.15, 0.2) is 0 Å². The average Bonchev–Trinajstić information content (AvgIpc) is 2.05. The van der Waals surface area contributed by atoms with Crippen molar-refractivity contribution in [1.29, 1.82) is 5.41 Å². The van der Waals surface area contributed by atoms with Crippen LogP contribution in [0.25, 0.3) is 0 Å². The molecule has 0 aromatic heterocycles. The van der Waals surface area contributed by atoms with Crippen molar-refractivity contribution in [3.05, 3.63) is 11.3 Å². The Balaban J connectivity index is 0.00000121. The van der Waals surface area contributed by atoms with Gasteiger partial charge in [0.25, 0.3) is 0 Å². The smallest absolute Gasteiger partial charge is 0.0227 e. The number of allylic oxidation sites excluding steroid dienone is 2. The zero-order valence-electron chi connectivity index (χ0n) is 7.06. The highest BCUT2D eigenvalue weighted by Gasteiger charge is 2.16. The maximum absolute atomic E-state index is 7.13. The summed E-state index contributed by atoms with van der Waals surface area (Å²) < 4.78 is 0. The molecule has 0 fully saturated rings. The van der Waals surface area contributed by atoms with E-state index in [1.807, 2.05) is 0 Å². The first-order chi connectivity index (χ1) is 5.27. The van der Waals surface area contributed by atoms with E-state index < -0.39 is 0 Å². The van der Waals surface area contributed by atoms with Gasteiger partial charge in [0.1, 0.15) is 0 Å². The SMILES string of the molecule is CC[C@H]1CCC(N)=C(C=N)C1.[HH]. The molecule has 0 aliphatic heterocycles. The van der Waals surface area contributed by atoms with Crippen molar-refractivity contribution in [2.75, 3.05) is 0 Å². The highest BCUT2D eigenvalue weighted by Crippen LogP contribution is 2.27. The van der Waals surface area contributed by atoms with Crippen LogP contribution in [0.4, 0.5) is 0 Å². The van der Waals surface area contributed by atoms with Crippen molar-refractivity contribution in [2.45, 2.75) is 32.6 Å². The van der Waals surface area contributed by atoms with Crippen LogP contribution in [0.3, 0.4) is 0 Å². The molecule has 0 heterocycles. The zero-order chi connectivity index (χ0) is 8.27. The molecule has 1 rings (SSSR count). The first-order valence-corrected chi connectivity index (χ1v) is 4.25. The molecule has 2 heteroatoms. The second kappa shape index (κ2) is 3.56. The van der Waals surface area contributed by atoms with Crippen LogP contribution in [-0.4, -0.2) is 6.21 Å². The van der Waals surface area contributed by atoms with Crippen LogP contribution in [0.1, 0.15) is 34.0 Å². The van der Waals surface area contributed by atoms with Crippen LogP contribution in [0, 0.1) is 11.3 Å². The van der Waals surface area contributed by atoms with Gasteiger partial charge >= 0.3 is 0 Å². The molecule has 1 aliphatic rings. The standard InChI is InChI=1S/C9H16N2.H2/c1-2-7-3-4-9(11)8(5-7)6-10;/h6-7,10H,2-5,11H2,1H3;1H/t7-;/m0./s1. The Hall–Kier alpha value is -0.790. The maximum atomic E-state index is 7.13. The molecule has 2 nitrogen and oxygen atoms in total. The fourth-order valence-corrected chi connectivity index (χ4v) is 1.56. The quantitative estimate of drug-likeness (QED) is 0.589. The van der Waals surface area contributed by atoms with Crippen LogP contribution in [-0.2, 0) is 0 Å². The van der Waals surface area contributed by atoms with E-state index in [2.05, 4.69) is 6.92 Å². The topological polar surface area (TPSA) is 49.9 Å². The fourth-order valence-electron chi connectivity index (χ4n) is 1.56. The van der Waals surface area contributed by atoms with Gasteiger partial charge in [-0.1, -0.05) is 13.3 Å². The average molecular weight is 154 g/mol. The number of nitrogens with one attached hydrogen (secondary N) is 1. The van der Waals surface area contributed by atoms with Gasteiger partial charge in [-0.3, -0.25) is 0 Å². The molecule has 0 amide bonds. The largest absolute Gasteiger partial charge is 0.402 e. The van der Waals surface area contributed by atoms with E-state index in [0.717, 1.165) is 30.0 Å². The molecule has 1 aliphatic carbocycles. The Morgan fingerprint density at radius 3 is 3.09 bits per heavy atom. The molecule has 0 saturated carbocycles. The summed E-state index contributed by atoms with van der Waals surface area (Å²) >= 11 is 0. The number of hydrogen-bond donors (Lipinski definition) is 2. The van der Waals surface area contributed by atoms with Gasteiger partial charge in [-0.15, -0.1) is 0 Å². The summed E-state index contributed by atoms with van der Waals surface area (Å²) in [6, 6.07) is 0. The number of hydrogen-bond acceptors (Lipinski definition) is 2. The predicted octanol–water partition coefficient (Wildman–Crippen LogP) is 2.30. The van der Waals surface area contributed by atoms with E-state index in [1.165, 1.54) is 19.1 Å². The van der Waals surface area contributed by atoms with Crippen molar-refractivity contribution in [1.82, 2.24) is 0 Å². The van der Waals surface area contributed by atoms with E-state index in [0.29, 0.717) is 0 Å². The monoisotopic (exact) mass is 154 g/mol. The molecule has 3 N–H and O–H groups in total. The lowest BCUT2D eigenvalue weighted by Gasteiger charge is -2.22. The second-order valence-corrected chi connectivity index (χ2v) is 3.21. The van der Waals surface area contributed by atoms with Gasteiger partial charge in [0, 0.05) is 13.3 Å². The van der Waals surface area contributed by atoms with Crippen LogP contribution in [0.5, 0.6) is 0 Å². The van der Waals surface area contributed by atoms with Crippen molar-refractivity contribution >= 4 is 6.21 Å². The summed E-state index contributed by atoms with van der Waals surface area (Å²) in [6.45, 7) is 2.20. The Kier molecular flexibility index (Phi) is 2.69. The summed E-state index contributed by atoms with van der Waals surface area (Å²) in [5, 5.41) is 7.13. The van der Waals surface area contributed by atoms with E-state index >= 15 is 0 Å². The van der Waals surface area contributed by atoms with Gasteiger partial charge < -0.3 is 11.1 Å². The lowest BCUT2D eigenvalue weighted by molar-refractivity contribution is 0.448. The van der Waals surface area contributed by atoms with Crippen molar-refractivity contribution in [2.24, 2.45) is 11.7 Å². The molecule has 1 atom stereocenters. The van der Waals surface area contributed by atoms with Crippen molar-refractivity contribution in [3.63, 3.8) is 0 Å². The second-order valence-electron chi connectivity index (χ2n) is 3.21. The Bertz CT molecular complexity index is 187. The molecule has 0 aromatic carbocycles. The maximum Gasteiger partial charge on any atom is 0.0227 e. The van der Waals surface area contributed by atoms with Gasteiger partial charge in [0.05, 0.1) is 0 Å². The van der Waals surface area contributed by atoms with Gasteiger partial charge in [-0.05, 0) is 30.8 Å². The van der Waals surface area contributed by atoms with Gasteiger partial charge in [0.2, 0.25) is 0 Å². The molecule has 11 heavy (non-hydrogen) atoms. The van der Waals surface area contributed by atoms with Gasteiger partial charge in [-0.25, -0.2) is 0 Å². The summed E-state index contributed by atoms with van der Waals surface area (Å²) in [7, 11) is 0. The number of nitrogens with two attached hydrogens (primary N) is 1. The third kappa shape index (κ3) is 1.82. The minimum absolute atomic E-state index is 0. The minimum Gasteiger partial charge on any atom is -0.402 e. The summed E-state index contributed by atoms with van der Waals surface area (Å²) in [5.74, 6) is 0.763. The van der Waals surface area contributed by atoms with Crippen molar-refractivity contribution < 1.29 is 1.43 Å². The van der Waals surface area contributed by atoms with E-state index in [9.17, 15) is 0 Å². The minimum atomic E-state index is 0. The van der Waals surface area contributed by atoms with Crippen LogP contribution < -0.4 is 5.73 Å². The molecule has 0 radical (unpaired) electrons. The normalized spacial score (nSPS) is 25.4. The predicted molar refractivity (Wildman–Crippen MR) is 49.7 cm³/mol. The third-order valence-corrected chi connectivity index (χ3v) is 2.49. The highest BCUT2D eigenvalue weighted by molar-refractivity contribution is 5.77. The van der Waals surface area contributed by atoms with E-state index in [4.69, 9.17) is 11.1 Å². The highest BCUT2D eigenvalue weighted by atomic mass is 14.6. The number of rotatable bonds is 2. The molecule has 0 unspecified atom stereocenters. The molecular formula is C9H18N2. The van der Waals surface area contributed by atoms with E-state index in [1.54, 1.807) is 0 Å². The zero-order valence-corrected chi connectivity index (χ0v) is 7.06. The van der Waals surface area contributed by atoms with Crippen molar-refractivity contribution in [3.8, 4) is 0 Å². The Morgan fingerprint density at radius 1 is 1.82 bits per heavy atom. The molecular weight excluding hydrogens is 136 g/mol. The molecule has 0 aromatic rings. The summed E-state index contributed by atoms with van der Waals surface area (Å²) in [4.78, 5) is 0. The summed E-state index contributed by atoms with van der Waals surface area (Å²) in [5.41, 5.74) is 7.73. The first-order valence-electron chi connectivity index (χ1n) is 4.25. The molecule has 0 saturated heterocycles. The lowest BCUT2D eigenvalue weighted by atomic mass is 9.86. The fraction of sp³-hybridized carbons (Fsp3) is 0.667. The Morgan fingerprint density at radius 2 is 2.55 bits per heavy atom. The lowest BCUT2D eigenvalue weighted by Crippen LogP contribution is -2.15. The summed E-state index contributed by atoms with van der Waals surface area (Å²) in [6.07, 6.45) is 5.84. The van der Waals surface area contributed by atoms with Crippen LogP contribution >= 0.6 is 0 Å². The molecule has 0 bridgehead atoms. The molecule has 64 valence electrons. The Labute approximate surface area is 69.5 Å². The first kappa shape index (κ1) is 8.31. The molecule has 0 spiro atoms. The van der Waals surface area contributed by atoms with Crippen LogP contribution in [0.15, 0.2) is 11.3 Å². The third-order valence-electron chi connectivity index (χ3n) is 2.49. The van der Waals surface area contributed by atoms with Gasteiger partial charge in [-0.2, -0.15) is 0 Å². The van der Waals surface area contributed by atoms with E-state index in [-0.39, 0.29) is 1.43 Å². The van der Waals surface area contributed by atoms with Crippen LogP contribution in [0.2, 0.25) is 0 Å².